The van der Waals surface area contributed by atoms with Gasteiger partial charge in [0.1, 0.15) is 10.3 Å². The molecule has 5 heteroatoms. The van der Waals surface area contributed by atoms with Gasteiger partial charge >= 0.3 is 0 Å². The molecule has 1 aromatic heterocycles. The maximum Gasteiger partial charge on any atom is 0.135 e. The quantitative estimate of drug-likeness (QED) is 0.836. The second kappa shape index (κ2) is 6.01. The van der Waals surface area contributed by atoms with Gasteiger partial charge in [-0.05, 0) is 19.0 Å². The van der Waals surface area contributed by atoms with Crippen LogP contribution in [0.2, 0.25) is 10.3 Å². The summed E-state index contributed by atoms with van der Waals surface area (Å²) in [5.74, 6) is 0. The molecule has 0 aliphatic carbocycles. The van der Waals surface area contributed by atoms with Crippen molar-refractivity contribution in [3.8, 4) is 0 Å². The van der Waals surface area contributed by atoms with Crippen LogP contribution in [0.15, 0.2) is 12.1 Å². The van der Waals surface area contributed by atoms with Crippen molar-refractivity contribution in [1.82, 2.24) is 15.2 Å². The Bertz CT molecular complexity index is 380. The van der Waals surface area contributed by atoms with Crippen LogP contribution < -0.4 is 5.32 Å². The van der Waals surface area contributed by atoms with Crippen molar-refractivity contribution < 1.29 is 0 Å². The van der Waals surface area contributed by atoms with Gasteiger partial charge in [0.15, 0.2) is 0 Å². The fourth-order valence-electron chi connectivity index (χ4n) is 1.99. The number of hydrogen-bond acceptors (Lipinski definition) is 3. The average Bonchev–Trinajstić information content (AvgIpc) is 2.20. The van der Waals surface area contributed by atoms with Gasteiger partial charge in [-0.2, -0.15) is 0 Å². The Balaban J connectivity index is 2.05. The van der Waals surface area contributed by atoms with E-state index in [4.69, 9.17) is 23.2 Å². The highest BCUT2D eigenvalue weighted by Crippen LogP contribution is 2.20. The van der Waals surface area contributed by atoms with Gasteiger partial charge in [-0.15, -0.1) is 0 Å². The van der Waals surface area contributed by atoms with Crippen molar-refractivity contribution in [3.05, 3.63) is 28.0 Å². The zero-order valence-electron chi connectivity index (χ0n) is 9.92. The maximum atomic E-state index is 6.10. The zero-order chi connectivity index (χ0) is 12.3. The molecular weight excluding hydrogens is 257 g/mol. The molecule has 0 atom stereocenters. The Morgan fingerprint density at radius 3 is 2.71 bits per heavy atom. The monoisotopic (exact) mass is 273 g/mol. The van der Waals surface area contributed by atoms with Gasteiger partial charge in [0.25, 0.3) is 0 Å². The molecule has 2 heterocycles. The lowest BCUT2D eigenvalue weighted by Gasteiger charge is -2.38. The van der Waals surface area contributed by atoms with Crippen LogP contribution >= 0.6 is 23.2 Å². The van der Waals surface area contributed by atoms with Gasteiger partial charge in [-0.25, -0.2) is 4.98 Å². The molecule has 1 aliphatic heterocycles. The molecule has 0 radical (unpaired) electrons. The van der Waals surface area contributed by atoms with E-state index >= 15 is 0 Å². The Labute approximate surface area is 112 Å². The van der Waals surface area contributed by atoms with Gasteiger partial charge in [-0.3, -0.25) is 4.90 Å². The minimum absolute atomic E-state index is 0.450. The molecule has 1 aromatic rings. The summed E-state index contributed by atoms with van der Waals surface area (Å²) in [6.07, 6.45) is 1.15. The molecule has 0 unspecified atom stereocenters. The average molecular weight is 274 g/mol. The normalized spacial score (nSPS) is 16.2. The Morgan fingerprint density at radius 2 is 2.18 bits per heavy atom. The number of aromatic nitrogens is 1. The molecule has 0 aromatic carbocycles. The smallest absolute Gasteiger partial charge is 0.135 e. The van der Waals surface area contributed by atoms with Gasteiger partial charge < -0.3 is 5.32 Å². The molecule has 1 saturated heterocycles. The van der Waals surface area contributed by atoms with E-state index in [2.05, 4.69) is 22.1 Å². The Hall–Kier alpha value is -0.350. The first kappa shape index (κ1) is 13.1. The number of nitrogens with zero attached hydrogens (tertiary/aromatic N) is 2. The fraction of sp³-hybridized carbons (Fsp3) is 0.583. The molecule has 0 spiro atoms. The second-order valence-electron chi connectivity index (χ2n) is 4.37. The van der Waals surface area contributed by atoms with Crippen molar-refractivity contribution in [3.63, 3.8) is 0 Å². The molecule has 1 fully saturated rings. The summed E-state index contributed by atoms with van der Waals surface area (Å²) in [7, 11) is 0. The highest BCUT2D eigenvalue weighted by molar-refractivity contribution is 6.32. The molecule has 1 N–H and O–H groups in total. The number of halogens is 2. The first-order chi connectivity index (χ1) is 8.20. The summed E-state index contributed by atoms with van der Waals surface area (Å²) in [5.41, 5.74) is 1.05. The van der Waals surface area contributed by atoms with Crippen molar-refractivity contribution in [2.24, 2.45) is 0 Å². The summed E-state index contributed by atoms with van der Waals surface area (Å²) in [6.45, 7) is 6.27. The third kappa shape index (κ3) is 3.32. The number of rotatable bonds is 5. The minimum atomic E-state index is 0.450. The molecule has 2 rings (SSSR count). The summed E-state index contributed by atoms with van der Waals surface area (Å²) >= 11 is 11.9. The van der Waals surface area contributed by atoms with Crippen molar-refractivity contribution >= 4 is 23.2 Å². The van der Waals surface area contributed by atoms with Crippen LogP contribution in [-0.4, -0.2) is 35.6 Å². The molecule has 0 bridgehead atoms. The SMILES string of the molecule is CCCN(Cc1ccc(Cl)nc1Cl)C1CNC1. The molecule has 1 aliphatic rings. The molecule has 0 amide bonds. The lowest BCUT2D eigenvalue weighted by molar-refractivity contribution is 0.137. The minimum Gasteiger partial charge on any atom is -0.314 e. The van der Waals surface area contributed by atoms with E-state index in [1.165, 1.54) is 0 Å². The molecule has 3 nitrogen and oxygen atoms in total. The van der Waals surface area contributed by atoms with Crippen molar-refractivity contribution in [2.75, 3.05) is 19.6 Å². The van der Waals surface area contributed by atoms with Crippen LogP contribution in [0.4, 0.5) is 0 Å². The lowest BCUT2D eigenvalue weighted by atomic mass is 10.1. The number of nitrogens with one attached hydrogen (secondary N) is 1. The van der Waals surface area contributed by atoms with E-state index in [9.17, 15) is 0 Å². The summed E-state index contributed by atoms with van der Waals surface area (Å²) in [5, 5.41) is 4.27. The van der Waals surface area contributed by atoms with E-state index < -0.39 is 0 Å². The molecule has 17 heavy (non-hydrogen) atoms. The van der Waals surface area contributed by atoms with Gasteiger partial charge in [0.2, 0.25) is 0 Å². The van der Waals surface area contributed by atoms with E-state index in [-0.39, 0.29) is 0 Å². The fourth-order valence-corrected chi connectivity index (χ4v) is 2.39. The van der Waals surface area contributed by atoms with Gasteiger partial charge in [0.05, 0.1) is 0 Å². The number of hydrogen-bond donors (Lipinski definition) is 1. The van der Waals surface area contributed by atoms with Crippen LogP contribution in [-0.2, 0) is 6.54 Å². The zero-order valence-corrected chi connectivity index (χ0v) is 11.4. The summed E-state index contributed by atoms with van der Waals surface area (Å²) in [4.78, 5) is 6.53. The summed E-state index contributed by atoms with van der Waals surface area (Å²) in [6, 6.07) is 4.39. The predicted molar refractivity (Wildman–Crippen MR) is 71.6 cm³/mol. The first-order valence-corrected chi connectivity index (χ1v) is 6.72. The molecule has 94 valence electrons. The second-order valence-corrected chi connectivity index (χ2v) is 5.11. The van der Waals surface area contributed by atoms with E-state index in [1.54, 1.807) is 6.07 Å². The van der Waals surface area contributed by atoms with E-state index in [0.717, 1.165) is 38.2 Å². The van der Waals surface area contributed by atoms with Crippen molar-refractivity contribution in [2.45, 2.75) is 25.9 Å². The van der Waals surface area contributed by atoms with Gasteiger partial charge in [-0.1, -0.05) is 36.2 Å². The van der Waals surface area contributed by atoms with E-state index in [0.29, 0.717) is 16.3 Å². The Kier molecular flexibility index (Phi) is 4.62. The largest absolute Gasteiger partial charge is 0.314 e. The lowest BCUT2D eigenvalue weighted by Crippen LogP contribution is -2.57. The van der Waals surface area contributed by atoms with Crippen LogP contribution in [0.5, 0.6) is 0 Å². The third-order valence-electron chi connectivity index (χ3n) is 3.05. The van der Waals surface area contributed by atoms with Crippen LogP contribution in [0.1, 0.15) is 18.9 Å². The highest BCUT2D eigenvalue weighted by Gasteiger charge is 2.24. The molecular formula is C12H17Cl2N3. The predicted octanol–water partition coefficient (Wildman–Crippen LogP) is 2.57. The van der Waals surface area contributed by atoms with Crippen LogP contribution in [0.25, 0.3) is 0 Å². The van der Waals surface area contributed by atoms with Gasteiger partial charge in [0, 0.05) is 31.2 Å². The van der Waals surface area contributed by atoms with Crippen LogP contribution in [0.3, 0.4) is 0 Å². The topological polar surface area (TPSA) is 28.2 Å². The van der Waals surface area contributed by atoms with Crippen LogP contribution in [0, 0.1) is 0 Å². The third-order valence-corrected chi connectivity index (χ3v) is 3.59. The standard InChI is InChI=1S/C12H17Cl2N3/c1-2-5-17(10-6-15-7-10)8-9-3-4-11(13)16-12(9)14/h3-4,10,15H,2,5-8H2,1H3. The highest BCUT2D eigenvalue weighted by atomic mass is 35.5. The number of pyridine rings is 1. The maximum absolute atomic E-state index is 6.10. The first-order valence-electron chi connectivity index (χ1n) is 5.96. The Morgan fingerprint density at radius 1 is 1.41 bits per heavy atom. The van der Waals surface area contributed by atoms with Crippen molar-refractivity contribution in [1.29, 1.82) is 0 Å². The molecule has 0 saturated carbocycles. The summed E-state index contributed by atoms with van der Waals surface area (Å²) < 4.78 is 0. The van der Waals surface area contributed by atoms with E-state index in [1.807, 2.05) is 6.07 Å².